The van der Waals surface area contributed by atoms with E-state index in [2.05, 4.69) is 4.98 Å². The number of pyridine rings is 1. The molecule has 19 heavy (non-hydrogen) atoms. The maximum atomic E-state index is 8.31. The maximum absolute atomic E-state index is 8.31. The van der Waals surface area contributed by atoms with Gasteiger partial charge in [0.25, 0.3) is 0 Å². The summed E-state index contributed by atoms with van der Waals surface area (Å²) in [4.78, 5) is 3.95. The van der Waals surface area contributed by atoms with E-state index < -0.39 is 0 Å². The van der Waals surface area contributed by atoms with Crippen LogP contribution in [0.25, 0.3) is 5.57 Å². The summed E-state index contributed by atoms with van der Waals surface area (Å²) >= 11 is 5.88. The van der Waals surface area contributed by atoms with Gasteiger partial charge in [-0.2, -0.15) is 0 Å². The molecule has 3 nitrogen and oxygen atoms in total. The predicted octanol–water partition coefficient (Wildman–Crippen LogP) is 3.49. The lowest BCUT2D eigenvalue weighted by atomic mass is 9.95. The monoisotopic (exact) mass is 271 g/mol. The molecule has 96 valence electrons. The Labute approximate surface area is 117 Å². The van der Waals surface area contributed by atoms with Crippen molar-refractivity contribution in [2.24, 2.45) is 5.73 Å². The van der Waals surface area contributed by atoms with Crippen molar-refractivity contribution in [1.82, 2.24) is 4.98 Å². The summed E-state index contributed by atoms with van der Waals surface area (Å²) in [5.74, 6) is 0. The first-order chi connectivity index (χ1) is 9.09. The minimum atomic E-state index is 0.379. The standard InChI is InChI=1S/C15H14ClN3/c1-10(17)14(11-2-4-13(16)5-3-11)15(18)12-6-8-19-9-7-12/h2-9,18H,17H2,1H3/b14-10-,18-15?. The number of rotatable bonds is 3. The van der Waals surface area contributed by atoms with E-state index in [1.807, 2.05) is 12.1 Å². The normalized spacial score (nSPS) is 11.9. The molecule has 1 aromatic carbocycles. The lowest BCUT2D eigenvalue weighted by molar-refractivity contribution is 1.30. The van der Waals surface area contributed by atoms with Crippen molar-refractivity contribution in [2.45, 2.75) is 6.92 Å². The van der Waals surface area contributed by atoms with Gasteiger partial charge >= 0.3 is 0 Å². The van der Waals surface area contributed by atoms with Gasteiger partial charge in [-0.05, 0) is 36.8 Å². The molecule has 2 rings (SSSR count). The average molecular weight is 272 g/mol. The first-order valence-electron chi connectivity index (χ1n) is 5.81. The van der Waals surface area contributed by atoms with Gasteiger partial charge in [-0.1, -0.05) is 23.7 Å². The van der Waals surface area contributed by atoms with Crippen LogP contribution in [0.15, 0.2) is 54.5 Å². The van der Waals surface area contributed by atoms with Gasteiger partial charge in [0.15, 0.2) is 0 Å². The van der Waals surface area contributed by atoms with Crippen molar-refractivity contribution in [2.75, 3.05) is 0 Å². The van der Waals surface area contributed by atoms with Crippen molar-refractivity contribution in [3.05, 3.63) is 70.6 Å². The van der Waals surface area contributed by atoms with Crippen LogP contribution in [0.5, 0.6) is 0 Å². The second kappa shape index (κ2) is 5.67. The number of halogens is 1. The Morgan fingerprint density at radius 2 is 1.63 bits per heavy atom. The molecular weight excluding hydrogens is 258 g/mol. The quantitative estimate of drug-likeness (QED) is 0.840. The van der Waals surface area contributed by atoms with Crippen molar-refractivity contribution in [3.63, 3.8) is 0 Å². The van der Waals surface area contributed by atoms with E-state index in [1.54, 1.807) is 43.6 Å². The summed E-state index contributed by atoms with van der Waals surface area (Å²) in [6.45, 7) is 1.79. The van der Waals surface area contributed by atoms with Gasteiger partial charge in [-0.15, -0.1) is 0 Å². The minimum Gasteiger partial charge on any atom is -0.402 e. The number of allylic oxidation sites excluding steroid dienone is 2. The molecule has 0 aliphatic carbocycles. The van der Waals surface area contributed by atoms with Crippen molar-refractivity contribution in [1.29, 1.82) is 5.41 Å². The molecule has 0 aliphatic heterocycles. The SMILES string of the molecule is C/C(N)=C(/C(=N)c1ccncc1)c1ccc(Cl)cc1. The molecule has 0 unspecified atom stereocenters. The molecule has 1 heterocycles. The third kappa shape index (κ3) is 3.01. The lowest BCUT2D eigenvalue weighted by Crippen LogP contribution is -2.09. The maximum Gasteiger partial charge on any atom is 0.0708 e. The van der Waals surface area contributed by atoms with E-state index in [1.165, 1.54) is 0 Å². The molecule has 4 heteroatoms. The third-order valence-corrected chi connectivity index (χ3v) is 3.00. The van der Waals surface area contributed by atoms with Gasteiger partial charge in [-0.3, -0.25) is 10.4 Å². The second-order valence-corrected chi connectivity index (χ2v) is 4.61. The van der Waals surface area contributed by atoms with Gasteiger partial charge in [0, 0.05) is 34.2 Å². The summed E-state index contributed by atoms with van der Waals surface area (Å²) in [5, 5.41) is 8.97. The number of aromatic nitrogens is 1. The summed E-state index contributed by atoms with van der Waals surface area (Å²) in [6.07, 6.45) is 3.32. The first-order valence-corrected chi connectivity index (χ1v) is 6.19. The van der Waals surface area contributed by atoms with Crippen LogP contribution < -0.4 is 5.73 Å². The van der Waals surface area contributed by atoms with Crippen molar-refractivity contribution >= 4 is 22.9 Å². The van der Waals surface area contributed by atoms with Crippen LogP contribution in [-0.4, -0.2) is 10.7 Å². The van der Waals surface area contributed by atoms with Gasteiger partial charge in [0.1, 0.15) is 0 Å². The Morgan fingerprint density at radius 3 is 2.16 bits per heavy atom. The second-order valence-electron chi connectivity index (χ2n) is 4.18. The number of benzene rings is 1. The number of hydrogen-bond donors (Lipinski definition) is 2. The summed E-state index contributed by atoms with van der Waals surface area (Å²) < 4.78 is 0. The van der Waals surface area contributed by atoms with E-state index in [9.17, 15) is 0 Å². The van der Waals surface area contributed by atoms with Crippen LogP contribution in [0, 0.1) is 5.41 Å². The fourth-order valence-electron chi connectivity index (χ4n) is 1.85. The lowest BCUT2D eigenvalue weighted by Gasteiger charge is -2.12. The van der Waals surface area contributed by atoms with Crippen LogP contribution in [0.4, 0.5) is 0 Å². The van der Waals surface area contributed by atoms with E-state index >= 15 is 0 Å². The summed E-state index contributed by atoms with van der Waals surface area (Å²) in [6, 6.07) is 10.9. The van der Waals surface area contributed by atoms with Crippen LogP contribution >= 0.6 is 11.6 Å². The Morgan fingerprint density at radius 1 is 1.05 bits per heavy atom. The molecule has 0 fully saturated rings. The first kappa shape index (κ1) is 13.3. The highest BCUT2D eigenvalue weighted by molar-refractivity contribution is 6.32. The van der Waals surface area contributed by atoms with Gasteiger partial charge < -0.3 is 5.73 Å². The number of nitrogens with zero attached hydrogens (tertiary/aromatic N) is 1. The van der Waals surface area contributed by atoms with Crippen LogP contribution in [0.2, 0.25) is 5.02 Å². The molecule has 0 radical (unpaired) electrons. The van der Waals surface area contributed by atoms with Gasteiger partial charge in [0.05, 0.1) is 5.71 Å². The predicted molar refractivity (Wildman–Crippen MR) is 79.3 cm³/mol. The van der Waals surface area contributed by atoms with E-state index in [0.29, 0.717) is 22.0 Å². The molecule has 2 aromatic rings. The van der Waals surface area contributed by atoms with Gasteiger partial charge in [-0.25, -0.2) is 0 Å². The molecule has 0 spiro atoms. The third-order valence-electron chi connectivity index (χ3n) is 2.75. The average Bonchev–Trinajstić information content (AvgIpc) is 2.42. The zero-order valence-electron chi connectivity index (χ0n) is 10.5. The van der Waals surface area contributed by atoms with E-state index in [0.717, 1.165) is 11.1 Å². The Kier molecular flexibility index (Phi) is 3.97. The van der Waals surface area contributed by atoms with Crippen LogP contribution in [-0.2, 0) is 0 Å². The van der Waals surface area contributed by atoms with Crippen LogP contribution in [0.3, 0.4) is 0 Å². The topological polar surface area (TPSA) is 62.8 Å². The Hall–Kier alpha value is -2.13. The minimum absolute atomic E-state index is 0.379. The highest BCUT2D eigenvalue weighted by Gasteiger charge is 2.12. The number of hydrogen-bond acceptors (Lipinski definition) is 3. The molecule has 0 bridgehead atoms. The molecule has 3 N–H and O–H groups in total. The highest BCUT2D eigenvalue weighted by Crippen LogP contribution is 2.23. The smallest absolute Gasteiger partial charge is 0.0708 e. The van der Waals surface area contributed by atoms with Gasteiger partial charge in [0.2, 0.25) is 0 Å². The molecule has 0 atom stereocenters. The molecular formula is C15H14ClN3. The molecule has 0 saturated heterocycles. The zero-order chi connectivity index (χ0) is 13.8. The van der Waals surface area contributed by atoms with E-state index in [-0.39, 0.29) is 0 Å². The fraction of sp³-hybridized carbons (Fsp3) is 0.0667. The summed E-state index contributed by atoms with van der Waals surface area (Å²) in [7, 11) is 0. The molecule has 0 aliphatic rings. The zero-order valence-corrected chi connectivity index (χ0v) is 11.3. The number of nitrogens with two attached hydrogens (primary N) is 1. The molecule has 0 saturated carbocycles. The number of nitrogens with one attached hydrogen (secondary N) is 1. The molecule has 0 amide bonds. The summed E-state index contributed by atoms with van der Waals surface area (Å²) in [5.41, 5.74) is 9.29. The van der Waals surface area contributed by atoms with Crippen molar-refractivity contribution < 1.29 is 0 Å². The molecule has 1 aromatic heterocycles. The van der Waals surface area contributed by atoms with Crippen molar-refractivity contribution in [3.8, 4) is 0 Å². The Bertz CT molecular complexity index is 612. The largest absolute Gasteiger partial charge is 0.402 e. The van der Waals surface area contributed by atoms with E-state index in [4.69, 9.17) is 22.7 Å². The highest BCUT2D eigenvalue weighted by atomic mass is 35.5. The van der Waals surface area contributed by atoms with Crippen LogP contribution in [0.1, 0.15) is 18.1 Å². The Balaban J connectivity index is 2.46. The fourth-order valence-corrected chi connectivity index (χ4v) is 1.97.